The Balaban J connectivity index is 1.82. The molecule has 38 heavy (non-hydrogen) atoms. The Morgan fingerprint density at radius 1 is 0.947 bits per heavy atom. The van der Waals surface area contributed by atoms with Crippen LogP contribution in [-0.2, 0) is 13.1 Å². The molecule has 4 rings (SSSR count). The Morgan fingerprint density at radius 3 is 2.24 bits per heavy atom. The van der Waals surface area contributed by atoms with Gasteiger partial charge in [-0.05, 0) is 43.2 Å². The second kappa shape index (κ2) is 11.3. The summed E-state index contributed by atoms with van der Waals surface area (Å²) in [6, 6.07) is 16.0. The summed E-state index contributed by atoms with van der Waals surface area (Å²) in [6.45, 7) is 3.79. The molecule has 0 fully saturated rings. The number of nitrogens with zero attached hydrogens (tertiary/aromatic N) is 2. The van der Waals surface area contributed by atoms with Crippen LogP contribution in [0.4, 0.5) is 4.39 Å². The highest BCUT2D eigenvalue weighted by Crippen LogP contribution is 2.30. The van der Waals surface area contributed by atoms with Crippen LogP contribution in [0.5, 0.6) is 11.5 Å². The smallest absolute Gasteiger partial charge is 0.332 e. The van der Waals surface area contributed by atoms with Gasteiger partial charge < -0.3 is 14.8 Å². The molecule has 1 N–H and O–H groups in total. The van der Waals surface area contributed by atoms with Crippen LogP contribution >= 0.6 is 0 Å². The van der Waals surface area contributed by atoms with Crippen molar-refractivity contribution < 1.29 is 18.7 Å². The molecule has 3 aromatic carbocycles. The molecule has 0 saturated heterocycles. The van der Waals surface area contributed by atoms with Crippen molar-refractivity contribution in [2.75, 3.05) is 14.2 Å². The van der Waals surface area contributed by atoms with Gasteiger partial charge in [0.15, 0.2) is 11.5 Å². The first-order valence-corrected chi connectivity index (χ1v) is 12.3. The van der Waals surface area contributed by atoms with E-state index in [1.807, 2.05) is 13.8 Å². The van der Waals surface area contributed by atoms with Crippen molar-refractivity contribution in [2.45, 2.75) is 39.4 Å². The molecule has 9 heteroatoms. The van der Waals surface area contributed by atoms with Gasteiger partial charge in [-0.2, -0.15) is 0 Å². The predicted molar refractivity (Wildman–Crippen MR) is 144 cm³/mol. The molecular weight excluding hydrogens is 489 g/mol. The second-order valence-corrected chi connectivity index (χ2v) is 9.06. The van der Waals surface area contributed by atoms with Crippen molar-refractivity contribution in [3.8, 4) is 11.5 Å². The highest BCUT2D eigenvalue weighted by molar-refractivity contribution is 5.94. The molecule has 8 nitrogen and oxygen atoms in total. The van der Waals surface area contributed by atoms with E-state index in [1.165, 1.54) is 30.9 Å². The molecule has 1 atom stereocenters. The van der Waals surface area contributed by atoms with Crippen LogP contribution in [0.15, 0.2) is 70.3 Å². The molecule has 0 spiro atoms. The van der Waals surface area contributed by atoms with Crippen LogP contribution in [0.1, 0.15) is 41.8 Å². The Bertz CT molecular complexity index is 1590. The lowest BCUT2D eigenvalue weighted by atomic mass is 10.1. The van der Waals surface area contributed by atoms with E-state index in [9.17, 15) is 18.8 Å². The number of ether oxygens (including phenoxy) is 2. The number of benzene rings is 3. The number of hydrogen-bond acceptors (Lipinski definition) is 5. The number of fused-ring (bicyclic) bond motifs is 1. The van der Waals surface area contributed by atoms with Gasteiger partial charge in [0, 0.05) is 23.2 Å². The first kappa shape index (κ1) is 26.7. The largest absolute Gasteiger partial charge is 0.493 e. The summed E-state index contributed by atoms with van der Waals surface area (Å²) in [6.07, 6.45) is 0.810. The zero-order chi connectivity index (χ0) is 27.4. The molecule has 0 saturated carbocycles. The van der Waals surface area contributed by atoms with E-state index in [0.717, 1.165) is 11.0 Å². The molecule has 0 unspecified atom stereocenters. The Kier molecular flexibility index (Phi) is 7.95. The number of carbonyl (C=O) groups excluding carboxylic acids is 1. The minimum absolute atomic E-state index is 0.0352. The van der Waals surface area contributed by atoms with Crippen LogP contribution in [0.2, 0.25) is 0 Å². The van der Waals surface area contributed by atoms with Crippen LogP contribution in [0, 0.1) is 5.82 Å². The highest BCUT2D eigenvalue weighted by Gasteiger charge is 2.19. The maximum atomic E-state index is 14.5. The monoisotopic (exact) mass is 519 g/mol. The summed E-state index contributed by atoms with van der Waals surface area (Å²) < 4.78 is 27.8. The molecule has 1 aromatic heterocycles. The highest BCUT2D eigenvalue weighted by atomic mass is 19.1. The number of methoxy groups -OCH3 is 2. The van der Waals surface area contributed by atoms with Gasteiger partial charge in [-0.15, -0.1) is 0 Å². The molecule has 4 aromatic rings. The third kappa shape index (κ3) is 5.32. The Hall–Kier alpha value is -4.40. The molecule has 0 radical (unpaired) electrons. The van der Waals surface area contributed by atoms with Crippen LogP contribution in [0.3, 0.4) is 0 Å². The average molecular weight is 520 g/mol. The number of hydrogen-bond donors (Lipinski definition) is 1. The van der Waals surface area contributed by atoms with Gasteiger partial charge in [0.05, 0.1) is 38.2 Å². The Morgan fingerprint density at radius 2 is 1.61 bits per heavy atom. The van der Waals surface area contributed by atoms with Gasteiger partial charge >= 0.3 is 5.69 Å². The van der Waals surface area contributed by atoms with Gasteiger partial charge in [-0.1, -0.05) is 37.3 Å². The lowest BCUT2D eigenvalue weighted by Gasteiger charge is -2.17. The fourth-order valence-corrected chi connectivity index (χ4v) is 4.19. The molecular formula is C29H30FN3O5. The molecule has 0 aliphatic rings. The van der Waals surface area contributed by atoms with Crippen LogP contribution in [0.25, 0.3) is 10.9 Å². The van der Waals surface area contributed by atoms with Crippen LogP contribution in [-0.4, -0.2) is 35.3 Å². The van der Waals surface area contributed by atoms with Crippen molar-refractivity contribution in [3.05, 3.63) is 104 Å². The SMILES string of the molecule is CC[C@@H](C)NC(=O)c1ccc(Cn2c(=O)c3cc(OC)c(OC)cc3n(Cc3ccccc3F)c2=O)cc1. The van der Waals surface area contributed by atoms with E-state index in [4.69, 9.17) is 9.47 Å². The third-order valence-electron chi connectivity index (χ3n) is 6.56. The average Bonchev–Trinajstić information content (AvgIpc) is 2.93. The summed E-state index contributed by atoms with van der Waals surface area (Å²) in [5.74, 6) is 0.0144. The van der Waals surface area contributed by atoms with Crippen molar-refractivity contribution in [2.24, 2.45) is 0 Å². The van der Waals surface area contributed by atoms with Gasteiger partial charge in [-0.3, -0.25) is 18.7 Å². The van der Waals surface area contributed by atoms with Gasteiger partial charge in [0.1, 0.15) is 5.82 Å². The lowest BCUT2D eigenvalue weighted by molar-refractivity contribution is 0.0939. The first-order chi connectivity index (χ1) is 18.3. The number of rotatable bonds is 9. The van der Waals surface area contributed by atoms with E-state index >= 15 is 0 Å². The quantitative estimate of drug-likeness (QED) is 0.362. The summed E-state index contributed by atoms with van der Waals surface area (Å²) in [5, 5.41) is 3.13. The van der Waals surface area contributed by atoms with Crippen LogP contribution < -0.4 is 26.0 Å². The fourth-order valence-electron chi connectivity index (χ4n) is 4.19. The van der Waals surface area contributed by atoms with E-state index in [-0.39, 0.29) is 30.4 Å². The van der Waals surface area contributed by atoms with E-state index in [2.05, 4.69) is 5.32 Å². The maximum Gasteiger partial charge on any atom is 0.332 e. The summed E-state index contributed by atoms with van der Waals surface area (Å²) in [5.41, 5.74) is 0.614. The second-order valence-electron chi connectivity index (χ2n) is 9.06. The predicted octanol–water partition coefficient (Wildman–Crippen LogP) is 3.94. The van der Waals surface area contributed by atoms with E-state index < -0.39 is 17.1 Å². The third-order valence-corrected chi connectivity index (χ3v) is 6.56. The summed E-state index contributed by atoms with van der Waals surface area (Å²) >= 11 is 0. The maximum absolute atomic E-state index is 14.5. The van der Waals surface area contributed by atoms with Crippen molar-refractivity contribution in [3.63, 3.8) is 0 Å². The lowest BCUT2D eigenvalue weighted by Crippen LogP contribution is -2.40. The minimum atomic E-state index is -0.600. The number of carbonyl (C=O) groups is 1. The molecule has 0 aliphatic carbocycles. The molecule has 1 heterocycles. The van der Waals surface area contributed by atoms with E-state index in [0.29, 0.717) is 33.7 Å². The number of nitrogens with one attached hydrogen (secondary N) is 1. The zero-order valence-electron chi connectivity index (χ0n) is 21.8. The number of aromatic nitrogens is 2. The minimum Gasteiger partial charge on any atom is -0.493 e. The normalized spacial score (nSPS) is 11.8. The van der Waals surface area contributed by atoms with Gasteiger partial charge in [-0.25, -0.2) is 9.18 Å². The zero-order valence-corrected chi connectivity index (χ0v) is 21.8. The number of amides is 1. The fraction of sp³-hybridized carbons (Fsp3) is 0.276. The first-order valence-electron chi connectivity index (χ1n) is 12.3. The Labute approximate surface area is 219 Å². The number of halogens is 1. The molecule has 0 bridgehead atoms. The van der Waals surface area contributed by atoms with Crippen molar-refractivity contribution in [1.29, 1.82) is 0 Å². The molecule has 0 aliphatic heterocycles. The van der Waals surface area contributed by atoms with E-state index in [1.54, 1.807) is 48.5 Å². The summed E-state index contributed by atoms with van der Waals surface area (Å²) in [4.78, 5) is 39.6. The van der Waals surface area contributed by atoms with Gasteiger partial charge in [0.25, 0.3) is 11.5 Å². The molecule has 1 amide bonds. The van der Waals surface area contributed by atoms with Crippen molar-refractivity contribution in [1.82, 2.24) is 14.5 Å². The molecule has 198 valence electrons. The van der Waals surface area contributed by atoms with Gasteiger partial charge in [0.2, 0.25) is 0 Å². The summed E-state index contributed by atoms with van der Waals surface area (Å²) in [7, 11) is 2.91. The van der Waals surface area contributed by atoms with Crippen molar-refractivity contribution >= 4 is 16.8 Å². The standard InChI is InChI=1S/C29H30FN3O5/c1-5-18(2)31-27(34)20-12-10-19(11-13-20)16-33-28(35)22-14-25(37-3)26(38-4)15-24(22)32(29(33)36)17-21-8-6-7-9-23(21)30/h6-15,18H,5,16-17H2,1-4H3,(H,31,34)/t18-/m1/s1. The topological polar surface area (TPSA) is 91.6 Å².